The second kappa shape index (κ2) is 7.23. The minimum absolute atomic E-state index is 0.0665. The van der Waals surface area contributed by atoms with Crippen LogP contribution in [0.4, 0.5) is 10.5 Å². The van der Waals surface area contributed by atoms with Crippen LogP contribution >= 0.6 is 0 Å². The van der Waals surface area contributed by atoms with E-state index in [4.69, 9.17) is 9.47 Å². The van der Waals surface area contributed by atoms with E-state index in [0.717, 1.165) is 23.1 Å². The summed E-state index contributed by atoms with van der Waals surface area (Å²) >= 11 is 0. The van der Waals surface area contributed by atoms with E-state index in [0.29, 0.717) is 19.7 Å². The molecule has 2 heterocycles. The third kappa shape index (κ3) is 3.71. The number of nitrogens with zero attached hydrogens (tertiary/aromatic N) is 2. The fraction of sp³-hybridized carbons (Fsp3) is 0.500. The molecule has 24 heavy (non-hydrogen) atoms. The SMILES string of the molecule is COCCn1ccc2cc(NC(=O)N3CC(C)OC(C)C3)ccc21. The maximum atomic E-state index is 12.5. The van der Waals surface area contributed by atoms with Crippen LogP contribution in [0, 0.1) is 0 Å². The topological polar surface area (TPSA) is 55.7 Å². The number of hydrogen-bond donors (Lipinski definition) is 1. The van der Waals surface area contributed by atoms with Gasteiger partial charge in [-0.1, -0.05) is 0 Å². The van der Waals surface area contributed by atoms with Crippen LogP contribution < -0.4 is 5.32 Å². The highest BCUT2D eigenvalue weighted by Crippen LogP contribution is 2.21. The molecular weight excluding hydrogens is 306 g/mol. The van der Waals surface area contributed by atoms with E-state index in [9.17, 15) is 4.79 Å². The highest BCUT2D eigenvalue weighted by Gasteiger charge is 2.25. The molecule has 1 N–H and O–H groups in total. The zero-order chi connectivity index (χ0) is 17.1. The summed E-state index contributed by atoms with van der Waals surface area (Å²) in [6.45, 7) is 6.71. The Morgan fingerprint density at radius 2 is 2.04 bits per heavy atom. The Morgan fingerprint density at radius 1 is 1.29 bits per heavy atom. The molecule has 2 unspecified atom stereocenters. The lowest BCUT2D eigenvalue weighted by Crippen LogP contribution is -2.49. The van der Waals surface area contributed by atoms with Crippen molar-refractivity contribution in [2.75, 3.05) is 32.1 Å². The van der Waals surface area contributed by atoms with Crippen molar-refractivity contribution in [2.24, 2.45) is 0 Å². The van der Waals surface area contributed by atoms with Crippen molar-refractivity contribution >= 4 is 22.6 Å². The van der Waals surface area contributed by atoms with Crippen molar-refractivity contribution in [2.45, 2.75) is 32.6 Å². The molecule has 1 aliphatic rings. The van der Waals surface area contributed by atoms with E-state index in [1.807, 2.05) is 43.1 Å². The molecule has 6 nitrogen and oxygen atoms in total. The summed E-state index contributed by atoms with van der Waals surface area (Å²) in [7, 11) is 1.70. The first-order valence-corrected chi connectivity index (χ1v) is 8.36. The average Bonchev–Trinajstić information content (AvgIpc) is 2.94. The number of anilines is 1. The Bertz CT molecular complexity index is 703. The van der Waals surface area contributed by atoms with Gasteiger partial charge in [-0.3, -0.25) is 0 Å². The quantitative estimate of drug-likeness (QED) is 0.937. The van der Waals surface area contributed by atoms with Gasteiger partial charge in [0.2, 0.25) is 0 Å². The van der Waals surface area contributed by atoms with Gasteiger partial charge < -0.3 is 24.3 Å². The molecule has 1 saturated heterocycles. The number of morpholine rings is 1. The second-order valence-electron chi connectivity index (χ2n) is 6.37. The Labute approximate surface area is 142 Å². The molecule has 1 fully saturated rings. The molecule has 0 bridgehead atoms. The fourth-order valence-corrected chi connectivity index (χ4v) is 3.21. The standard InChI is InChI=1S/C18H25N3O3/c1-13-11-21(12-14(2)24-13)18(22)19-16-4-5-17-15(10-16)6-7-20(17)8-9-23-3/h4-7,10,13-14H,8-9,11-12H2,1-3H3,(H,19,22). The monoisotopic (exact) mass is 331 g/mol. The molecule has 0 radical (unpaired) electrons. The molecule has 0 spiro atoms. The summed E-state index contributed by atoms with van der Waals surface area (Å²) in [5.74, 6) is 0. The van der Waals surface area contributed by atoms with Gasteiger partial charge in [0.1, 0.15) is 0 Å². The summed E-state index contributed by atoms with van der Waals surface area (Å²) in [5, 5.41) is 4.10. The number of amides is 2. The Balaban J connectivity index is 1.70. The molecule has 1 aliphatic heterocycles. The lowest BCUT2D eigenvalue weighted by molar-refractivity contribution is -0.0530. The minimum atomic E-state index is -0.0739. The first-order chi connectivity index (χ1) is 11.6. The van der Waals surface area contributed by atoms with Gasteiger partial charge in [0.25, 0.3) is 0 Å². The van der Waals surface area contributed by atoms with E-state index in [1.165, 1.54) is 0 Å². The summed E-state index contributed by atoms with van der Waals surface area (Å²) in [5.41, 5.74) is 1.95. The number of methoxy groups -OCH3 is 1. The van der Waals surface area contributed by atoms with Gasteiger partial charge in [0.15, 0.2) is 0 Å². The number of carbonyl (C=O) groups is 1. The molecule has 2 aromatic rings. The van der Waals surface area contributed by atoms with E-state index in [2.05, 4.69) is 16.0 Å². The molecule has 0 saturated carbocycles. The summed E-state index contributed by atoms with van der Waals surface area (Å²) in [6.07, 6.45) is 2.18. The maximum Gasteiger partial charge on any atom is 0.322 e. The van der Waals surface area contributed by atoms with Crippen LogP contribution in [0.5, 0.6) is 0 Å². The van der Waals surface area contributed by atoms with Crippen LogP contribution in [-0.2, 0) is 16.0 Å². The Hall–Kier alpha value is -2.05. The van der Waals surface area contributed by atoms with Crippen molar-refractivity contribution in [1.82, 2.24) is 9.47 Å². The summed E-state index contributed by atoms with van der Waals surface area (Å²) in [4.78, 5) is 14.3. The zero-order valence-electron chi connectivity index (χ0n) is 14.5. The van der Waals surface area contributed by atoms with Gasteiger partial charge in [-0.15, -0.1) is 0 Å². The normalized spacial score (nSPS) is 21.2. The van der Waals surface area contributed by atoms with E-state index >= 15 is 0 Å². The number of carbonyl (C=O) groups excluding carboxylic acids is 1. The first kappa shape index (κ1) is 16.8. The highest BCUT2D eigenvalue weighted by atomic mass is 16.5. The molecule has 3 rings (SSSR count). The largest absolute Gasteiger partial charge is 0.383 e. The first-order valence-electron chi connectivity index (χ1n) is 8.36. The van der Waals surface area contributed by atoms with Crippen LogP contribution in [0.1, 0.15) is 13.8 Å². The smallest absolute Gasteiger partial charge is 0.322 e. The van der Waals surface area contributed by atoms with Crippen molar-refractivity contribution in [3.63, 3.8) is 0 Å². The third-order valence-electron chi connectivity index (χ3n) is 4.27. The van der Waals surface area contributed by atoms with E-state index in [1.54, 1.807) is 7.11 Å². The maximum absolute atomic E-state index is 12.5. The van der Waals surface area contributed by atoms with Crippen molar-refractivity contribution < 1.29 is 14.3 Å². The lowest BCUT2D eigenvalue weighted by Gasteiger charge is -2.35. The van der Waals surface area contributed by atoms with Crippen LogP contribution in [0.3, 0.4) is 0 Å². The number of aromatic nitrogens is 1. The predicted molar refractivity (Wildman–Crippen MR) is 94.4 cm³/mol. The van der Waals surface area contributed by atoms with Crippen LogP contribution in [0.15, 0.2) is 30.5 Å². The third-order valence-corrected chi connectivity index (χ3v) is 4.27. The number of rotatable bonds is 4. The van der Waals surface area contributed by atoms with Crippen molar-refractivity contribution in [1.29, 1.82) is 0 Å². The second-order valence-corrected chi connectivity index (χ2v) is 6.37. The van der Waals surface area contributed by atoms with E-state index in [-0.39, 0.29) is 18.2 Å². The zero-order valence-corrected chi connectivity index (χ0v) is 14.5. The van der Waals surface area contributed by atoms with Gasteiger partial charge >= 0.3 is 6.03 Å². The molecule has 2 atom stereocenters. The van der Waals surface area contributed by atoms with Crippen LogP contribution in [0.25, 0.3) is 10.9 Å². The van der Waals surface area contributed by atoms with Crippen molar-refractivity contribution in [3.8, 4) is 0 Å². The van der Waals surface area contributed by atoms with Gasteiger partial charge in [-0.05, 0) is 38.1 Å². The molecule has 1 aromatic heterocycles. The number of nitrogens with one attached hydrogen (secondary N) is 1. The van der Waals surface area contributed by atoms with Gasteiger partial charge in [-0.25, -0.2) is 4.79 Å². The number of hydrogen-bond acceptors (Lipinski definition) is 3. The Kier molecular flexibility index (Phi) is 5.06. The highest BCUT2D eigenvalue weighted by molar-refractivity contribution is 5.93. The number of urea groups is 1. The van der Waals surface area contributed by atoms with Crippen molar-refractivity contribution in [3.05, 3.63) is 30.5 Å². The minimum Gasteiger partial charge on any atom is -0.383 e. The average molecular weight is 331 g/mol. The summed E-state index contributed by atoms with van der Waals surface area (Å²) < 4.78 is 13.0. The summed E-state index contributed by atoms with van der Waals surface area (Å²) in [6, 6.07) is 7.96. The molecule has 1 aromatic carbocycles. The van der Waals surface area contributed by atoms with Gasteiger partial charge in [0, 0.05) is 49.5 Å². The van der Waals surface area contributed by atoms with Crippen LogP contribution in [0.2, 0.25) is 0 Å². The Morgan fingerprint density at radius 3 is 2.75 bits per heavy atom. The molecule has 0 aliphatic carbocycles. The van der Waals surface area contributed by atoms with Gasteiger partial charge in [-0.2, -0.15) is 0 Å². The molecule has 6 heteroatoms. The number of benzene rings is 1. The lowest BCUT2D eigenvalue weighted by atomic mass is 10.2. The molecule has 2 amide bonds. The molecular formula is C18H25N3O3. The van der Waals surface area contributed by atoms with E-state index < -0.39 is 0 Å². The fourth-order valence-electron chi connectivity index (χ4n) is 3.21. The predicted octanol–water partition coefficient (Wildman–Crippen LogP) is 2.93. The van der Waals surface area contributed by atoms with Gasteiger partial charge in [0.05, 0.1) is 18.8 Å². The van der Waals surface area contributed by atoms with Crippen LogP contribution in [-0.4, -0.2) is 54.5 Å². The number of ether oxygens (including phenoxy) is 2. The molecule has 130 valence electrons. The number of fused-ring (bicyclic) bond motifs is 1.